The largest absolute Gasteiger partial charge is 0.348 e. The van der Waals surface area contributed by atoms with Crippen LogP contribution in [0.1, 0.15) is 22.9 Å². The first-order valence-corrected chi connectivity index (χ1v) is 9.54. The summed E-state index contributed by atoms with van der Waals surface area (Å²) < 4.78 is 31.3. The van der Waals surface area contributed by atoms with Gasteiger partial charge in [0.25, 0.3) is 0 Å². The predicted molar refractivity (Wildman–Crippen MR) is 90.8 cm³/mol. The Hall–Kier alpha value is -3.01. The van der Waals surface area contributed by atoms with Crippen molar-refractivity contribution in [2.45, 2.75) is 23.6 Å². The van der Waals surface area contributed by atoms with Gasteiger partial charge in [-0.25, -0.2) is 13.4 Å². The summed E-state index contributed by atoms with van der Waals surface area (Å²) in [7, 11) is -3.60. The molecule has 0 aliphatic carbocycles. The highest BCUT2D eigenvalue weighted by molar-refractivity contribution is 7.90. The molecule has 2 aromatic heterocycles. The molecule has 3 rings (SSSR count). The van der Waals surface area contributed by atoms with Crippen molar-refractivity contribution < 1.29 is 17.7 Å². The van der Waals surface area contributed by atoms with E-state index in [1.165, 1.54) is 12.1 Å². The molecule has 136 valence electrons. The van der Waals surface area contributed by atoms with Crippen LogP contribution in [0, 0.1) is 0 Å². The number of amides is 1. The summed E-state index contributed by atoms with van der Waals surface area (Å²) in [6, 6.07) is 7.97. The van der Waals surface area contributed by atoms with Gasteiger partial charge in [-0.2, -0.15) is 4.98 Å². The molecule has 0 bridgehead atoms. The van der Waals surface area contributed by atoms with E-state index in [2.05, 4.69) is 20.4 Å². The highest BCUT2D eigenvalue weighted by Gasteiger charge is 2.21. The number of aryl methyl sites for hydroxylation is 1. The van der Waals surface area contributed by atoms with Gasteiger partial charge in [-0.05, 0) is 18.6 Å². The third kappa shape index (κ3) is 4.54. The lowest BCUT2D eigenvalue weighted by atomic mass is 10.4. The van der Waals surface area contributed by atoms with Gasteiger partial charge in [0, 0.05) is 25.5 Å². The van der Waals surface area contributed by atoms with Crippen molar-refractivity contribution in [1.82, 2.24) is 25.0 Å². The lowest BCUT2D eigenvalue weighted by Crippen LogP contribution is -2.25. The molecule has 0 radical (unpaired) electrons. The standard InChI is InChI=1S/C16H17N5O4S/c22-15(18-7-4-9-21-10-8-17-12-21)16-19-14(20-25-16)11-26(23,24)13-5-2-1-3-6-13/h1-3,5-6,8,10,12H,4,7,9,11H2,(H,18,22). The van der Waals surface area contributed by atoms with Crippen LogP contribution in [-0.4, -0.2) is 40.6 Å². The fourth-order valence-corrected chi connectivity index (χ4v) is 3.44. The van der Waals surface area contributed by atoms with Crippen LogP contribution in [0.5, 0.6) is 0 Å². The number of hydrogen-bond donors (Lipinski definition) is 1. The third-order valence-corrected chi connectivity index (χ3v) is 5.15. The summed E-state index contributed by atoms with van der Waals surface area (Å²) in [5.41, 5.74) is 0. The van der Waals surface area contributed by atoms with Gasteiger partial charge in [0.05, 0.1) is 11.2 Å². The van der Waals surface area contributed by atoms with Crippen LogP contribution < -0.4 is 5.32 Å². The predicted octanol–water partition coefficient (Wildman–Crippen LogP) is 1.06. The Morgan fingerprint density at radius 1 is 1.23 bits per heavy atom. The quantitative estimate of drug-likeness (QED) is 0.585. The number of nitrogens with one attached hydrogen (secondary N) is 1. The number of hydrogen-bond acceptors (Lipinski definition) is 7. The minimum atomic E-state index is -3.60. The first-order chi connectivity index (χ1) is 12.5. The number of benzene rings is 1. The number of aromatic nitrogens is 4. The number of nitrogens with zero attached hydrogens (tertiary/aromatic N) is 4. The van der Waals surface area contributed by atoms with Crippen molar-refractivity contribution >= 4 is 15.7 Å². The molecule has 0 saturated heterocycles. The summed E-state index contributed by atoms with van der Waals surface area (Å²) in [5.74, 6) is -1.29. The molecule has 0 saturated carbocycles. The second-order valence-electron chi connectivity index (χ2n) is 5.50. The van der Waals surface area contributed by atoms with Gasteiger partial charge in [0.1, 0.15) is 5.75 Å². The first kappa shape index (κ1) is 17.8. The van der Waals surface area contributed by atoms with Gasteiger partial charge in [-0.3, -0.25) is 4.79 Å². The molecule has 9 nitrogen and oxygen atoms in total. The zero-order valence-electron chi connectivity index (χ0n) is 13.8. The molecule has 0 aliphatic rings. The molecule has 0 fully saturated rings. The maximum atomic E-state index is 12.3. The minimum Gasteiger partial charge on any atom is -0.348 e. The highest BCUT2D eigenvalue weighted by Crippen LogP contribution is 2.14. The molecule has 0 aliphatic heterocycles. The van der Waals surface area contributed by atoms with E-state index in [1.807, 2.05) is 10.8 Å². The first-order valence-electron chi connectivity index (χ1n) is 7.89. The fraction of sp³-hybridized carbons (Fsp3) is 0.250. The van der Waals surface area contributed by atoms with Gasteiger partial charge in [-0.1, -0.05) is 23.4 Å². The number of imidazole rings is 1. The maximum absolute atomic E-state index is 12.3. The highest BCUT2D eigenvalue weighted by atomic mass is 32.2. The third-order valence-electron chi connectivity index (χ3n) is 3.52. The lowest BCUT2D eigenvalue weighted by molar-refractivity contribution is 0.0909. The molecule has 10 heteroatoms. The van der Waals surface area contributed by atoms with Crippen LogP contribution >= 0.6 is 0 Å². The molecule has 2 heterocycles. The summed E-state index contributed by atoms with van der Waals surface area (Å²) in [5, 5.41) is 6.23. The summed E-state index contributed by atoms with van der Waals surface area (Å²) >= 11 is 0. The molecule has 0 unspecified atom stereocenters. The van der Waals surface area contributed by atoms with Crippen LogP contribution in [0.3, 0.4) is 0 Å². The molecule has 0 spiro atoms. The van der Waals surface area contributed by atoms with Crippen molar-refractivity contribution in [3.8, 4) is 0 Å². The number of carbonyl (C=O) groups excluding carboxylic acids is 1. The van der Waals surface area contributed by atoms with Crippen LogP contribution in [0.15, 0.2) is 58.5 Å². The number of rotatable bonds is 8. The van der Waals surface area contributed by atoms with Gasteiger partial charge < -0.3 is 14.4 Å². The molecule has 1 aromatic carbocycles. The Morgan fingerprint density at radius 3 is 2.77 bits per heavy atom. The molecule has 0 atom stereocenters. The molecule has 3 aromatic rings. The lowest BCUT2D eigenvalue weighted by Gasteiger charge is -2.03. The van der Waals surface area contributed by atoms with E-state index < -0.39 is 21.5 Å². The average molecular weight is 375 g/mol. The Bertz CT molecular complexity index is 952. The topological polar surface area (TPSA) is 120 Å². The second kappa shape index (κ2) is 7.91. The molecule has 1 N–H and O–H groups in total. The van der Waals surface area contributed by atoms with Gasteiger partial charge in [0.2, 0.25) is 0 Å². The van der Waals surface area contributed by atoms with E-state index in [-0.39, 0.29) is 16.6 Å². The number of sulfone groups is 1. The summed E-state index contributed by atoms with van der Waals surface area (Å²) in [6.07, 6.45) is 5.91. The minimum absolute atomic E-state index is 0.0579. The van der Waals surface area contributed by atoms with E-state index in [4.69, 9.17) is 4.52 Å². The summed E-state index contributed by atoms with van der Waals surface area (Å²) in [6.45, 7) is 1.13. The average Bonchev–Trinajstić information content (AvgIpc) is 3.31. The van der Waals surface area contributed by atoms with E-state index in [0.29, 0.717) is 19.5 Å². The molecular weight excluding hydrogens is 358 g/mol. The molecular formula is C16H17N5O4S. The Kier molecular flexibility index (Phi) is 5.42. The van der Waals surface area contributed by atoms with Gasteiger partial charge in [-0.15, -0.1) is 0 Å². The molecule has 26 heavy (non-hydrogen) atoms. The second-order valence-corrected chi connectivity index (χ2v) is 7.49. The van der Waals surface area contributed by atoms with Gasteiger partial charge >= 0.3 is 11.8 Å². The normalized spacial score (nSPS) is 11.4. The SMILES string of the molecule is O=C(NCCCn1ccnc1)c1nc(CS(=O)(=O)c2ccccc2)no1. The van der Waals surface area contributed by atoms with Crippen LogP contribution in [-0.2, 0) is 22.1 Å². The zero-order chi connectivity index (χ0) is 18.4. The smallest absolute Gasteiger partial charge is 0.315 e. The van der Waals surface area contributed by atoms with Crippen molar-refractivity contribution in [1.29, 1.82) is 0 Å². The van der Waals surface area contributed by atoms with Crippen LogP contribution in [0.4, 0.5) is 0 Å². The van der Waals surface area contributed by atoms with Crippen LogP contribution in [0.2, 0.25) is 0 Å². The summed E-state index contributed by atoms with van der Waals surface area (Å²) in [4.78, 5) is 19.9. The van der Waals surface area contributed by atoms with Gasteiger partial charge in [0.15, 0.2) is 15.7 Å². The van der Waals surface area contributed by atoms with E-state index in [9.17, 15) is 13.2 Å². The van der Waals surface area contributed by atoms with Crippen molar-refractivity contribution in [2.75, 3.05) is 6.54 Å². The van der Waals surface area contributed by atoms with E-state index >= 15 is 0 Å². The Labute approximate surface area is 150 Å². The van der Waals surface area contributed by atoms with Crippen molar-refractivity contribution in [3.63, 3.8) is 0 Å². The monoisotopic (exact) mass is 375 g/mol. The maximum Gasteiger partial charge on any atom is 0.315 e. The van der Waals surface area contributed by atoms with E-state index in [1.54, 1.807) is 30.7 Å². The zero-order valence-corrected chi connectivity index (χ0v) is 14.6. The molecule has 1 amide bonds. The van der Waals surface area contributed by atoms with Crippen LogP contribution in [0.25, 0.3) is 0 Å². The van der Waals surface area contributed by atoms with Crippen molar-refractivity contribution in [2.24, 2.45) is 0 Å². The fourth-order valence-electron chi connectivity index (χ4n) is 2.24. The van der Waals surface area contributed by atoms with Crippen molar-refractivity contribution in [3.05, 3.63) is 60.8 Å². The number of carbonyl (C=O) groups is 1. The van der Waals surface area contributed by atoms with E-state index in [0.717, 1.165) is 0 Å². The Balaban J connectivity index is 1.53. The Morgan fingerprint density at radius 2 is 2.04 bits per heavy atom.